The molecule has 1 amide bonds. The maximum absolute atomic E-state index is 13.2. The van der Waals surface area contributed by atoms with Gasteiger partial charge in [0.25, 0.3) is 15.9 Å². The molecule has 0 heterocycles. The number of carbonyl (C=O) groups is 2. The minimum atomic E-state index is -4.29. The molecule has 0 bridgehead atoms. The zero-order valence-corrected chi connectivity index (χ0v) is 23.4. The summed E-state index contributed by atoms with van der Waals surface area (Å²) in [6.07, 6.45) is 1.20. The highest BCUT2D eigenvalue weighted by atomic mass is 79.9. The van der Waals surface area contributed by atoms with Crippen molar-refractivity contribution >= 4 is 37.8 Å². The Morgan fingerprint density at radius 3 is 2.03 bits per heavy atom. The number of nitrogens with zero attached hydrogens (tertiary/aromatic N) is 1. The van der Waals surface area contributed by atoms with Crippen LogP contribution in [0.5, 0.6) is 11.5 Å². The molecular formula is C27H29BrN2O7S. The maximum Gasteiger partial charge on any atom is 0.328 e. The summed E-state index contributed by atoms with van der Waals surface area (Å²) in [5.74, 6) is -1.25. The highest BCUT2D eigenvalue weighted by Gasteiger charge is 2.33. The summed E-state index contributed by atoms with van der Waals surface area (Å²) in [4.78, 5) is 27.2. The number of benzene rings is 3. The molecular weight excluding hydrogens is 576 g/mol. The number of rotatable bonds is 13. The molecule has 38 heavy (non-hydrogen) atoms. The fourth-order valence-corrected chi connectivity index (χ4v) is 4.94. The number of nitrogens with one attached hydrogen (secondary N) is 1. The number of sulfonamides is 1. The molecule has 2 N–H and O–H groups in total. The molecule has 3 aromatic rings. The normalized spacial score (nSPS) is 12.0. The first-order chi connectivity index (χ1) is 18.1. The zero-order chi connectivity index (χ0) is 27.7. The van der Waals surface area contributed by atoms with Gasteiger partial charge in [0.05, 0.1) is 12.0 Å². The van der Waals surface area contributed by atoms with Gasteiger partial charge in [0.2, 0.25) is 0 Å². The van der Waals surface area contributed by atoms with Crippen molar-refractivity contribution in [3.8, 4) is 22.6 Å². The summed E-state index contributed by atoms with van der Waals surface area (Å²) in [7, 11) is -2.78. The average molecular weight is 606 g/mol. The Bertz CT molecular complexity index is 1330. The molecule has 0 fully saturated rings. The molecule has 0 spiro atoms. The van der Waals surface area contributed by atoms with E-state index in [1.54, 1.807) is 36.4 Å². The van der Waals surface area contributed by atoms with Crippen LogP contribution in [0.15, 0.2) is 82.2 Å². The van der Waals surface area contributed by atoms with Crippen LogP contribution in [0.2, 0.25) is 0 Å². The van der Waals surface area contributed by atoms with Gasteiger partial charge >= 0.3 is 5.97 Å². The van der Waals surface area contributed by atoms with E-state index in [2.05, 4.69) is 20.8 Å². The Morgan fingerprint density at radius 1 is 0.947 bits per heavy atom. The van der Waals surface area contributed by atoms with Crippen LogP contribution in [-0.2, 0) is 19.6 Å². The number of hydrazine groups is 1. The lowest BCUT2D eigenvalue weighted by Crippen LogP contribution is -2.56. The first-order valence-electron chi connectivity index (χ1n) is 11.8. The van der Waals surface area contributed by atoms with Crippen molar-refractivity contribution in [2.45, 2.75) is 37.1 Å². The number of carbonyl (C=O) groups excluding carboxylic acids is 1. The Kier molecular flexibility index (Phi) is 10.3. The van der Waals surface area contributed by atoms with Gasteiger partial charge in [-0.05, 0) is 66.1 Å². The smallest absolute Gasteiger partial charge is 0.328 e. The first-order valence-corrected chi connectivity index (χ1v) is 14.1. The molecule has 202 valence electrons. The molecule has 3 rings (SSSR count). The molecule has 0 aromatic heterocycles. The van der Waals surface area contributed by atoms with E-state index in [4.69, 9.17) is 9.47 Å². The molecule has 9 nitrogen and oxygen atoms in total. The number of unbranched alkanes of at least 4 members (excludes halogenated alkanes) is 1. The van der Waals surface area contributed by atoms with Crippen molar-refractivity contribution in [2.75, 3.05) is 13.7 Å². The van der Waals surface area contributed by atoms with Crippen molar-refractivity contribution in [3.05, 3.63) is 77.3 Å². The SMILES string of the molecule is CCCCC(C(=O)O)N(NS(=O)(=O)c1ccc(-c2ccc(Br)cc2)cc1)C(=O)COc1ccc(OC)cc1. The van der Waals surface area contributed by atoms with E-state index < -0.39 is 34.5 Å². The third-order valence-corrected chi connectivity index (χ3v) is 7.54. The van der Waals surface area contributed by atoms with Gasteiger partial charge in [0.1, 0.15) is 17.5 Å². The topological polar surface area (TPSA) is 122 Å². The molecule has 0 aliphatic carbocycles. The van der Waals surface area contributed by atoms with Crippen LogP contribution in [-0.4, -0.2) is 50.2 Å². The van der Waals surface area contributed by atoms with Crippen LogP contribution in [0.1, 0.15) is 26.2 Å². The number of aliphatic carboxylic acids is 1. The molecule has 11 heteroatoms. The predicted molar refractivity (Wildman–Crippen MR) is 146 cm³/mol. The van der Waals surface area contributed by atoms with Gasteiger partial charge in [-0.15, -0.1) is 4.83 Å². The van der Waals surface area contributed by atoms with Crippen molar-refractivity contribution < 1.29 is 32.6 Å². The monoisotopic (exact) mass is 604 g/mol. The molecule has 1 atom stereocenters. The first kappa shape index (κ1) is 29.2. The fourth-order valence-electron chi connectivity index (χ4n) is 3.59. The van der Waals surface area contributed by atoms with Gasteiger partial charge in [0, 0.05) is 4.47 Å². The average Bonchev–Trinajstić information content (AvgIpc) is 2.92. The van der Waals surface area contributed by atoms with Crippen LogP contribution >= 0.6 is 15.9 Å². The van der Waals surface area contributed by atoms with Gasteiger partial charge < -0.3 is 14.6 Å². The summed E-state index contributed by atoms with van der Waals surface area (Å²) in [5, 5.41) is 10.5. The minimum absolute atomic E-state index is 0.0606. The molecule has 0 radical (unpaired) electrons. The van der Waals surface area contributed by atoms with Gasteiger partial charge in [0.15, 0.2) is 6.61 Å². The number of hydrogen-bond donors (Lipinski definition) is 2. The van der Waals surface area contributed by atoms with Crippen molar-refractivity contribution in [1.29, 1.82) is 0 Å². The van der Waals surface area contributed by atoms with E-state index >= 15 is 0 Å². The number of halogens is 1. The van der Waals surface area contributed by atoms with E-state index in [0.717, 1.165) is 15.6 Å². The Balaban J connectivity index is 1.82. The van der Waals surface area contributed by atoms with E-state index in [-0.39, 0.29) is 11.3 Å². The summed E-state index contributed by atoms with van der Waals surface area (Å²) >= 11 is 3.38. The second-order valence-electron chi connectivity index (χ2n) is 8.35. The van der Waals surface area contributed by atoms with E-state index in [9.17, 15) is 23.1 Å². The van der Waals surface area contributed by atoms with Gasteiger partial charge in [-0.1, -0.05) is 60.0 Å². The van der Waals surface area contributed by atoms with Crippen LogP contribution < -0.4 is 14.3 Å². The van der Waals surface area contributed by atoms with Crippen molar-refractivity contribution in [2.24, 2.45) is 0 Å². The highest BCUT2D eigenvalue weighted by molar-refractivity contribution is 9.10. The van der Waals surface area contributed by atoms with Gasteiger partial charge in [-0.3, -0.25) is 4.79 Å². The second kappa shape index (κ2) is 13.4. The van der Waals surface area contributed by atoms with Crippen LogP contribution in [0, 0.1) is 0 Å². The second-order valence-corrected chi connectivity index (χ2v) is 10.9. The predicted octanol–water partition coefficient (Wildman–Crippen LogP) is 4.87. The van der Waals surface area contributed by atoms with E-state index in [1.807, 2.05) is 31.2 Å². The lowest BCUT2D eigenvalue weighted by atomic mass is 10.1. The van der Waals surface area contributed by atoms with Crippen molar-refractivity contribution in [1.82, 2.24) is 9.84 Å². The molecule has 1 unspecified atom stereocenters. The van der Waals surface area contributed by atoms with Crippen LogP contribution in [0.4, 0.5) is 0 Å². The van der Waals surface area contributed by atoms with E-state index in [0.29, 0.717) is 29.3 Å². The number of carboxylic acids is 1. The third kappa shape index (κ3) is 7.80. The van der Waals surface area contributed by atoms with Gasteiger partial charge in [-0.2, -0.15) is 0 Å². The van der Waals surface area contributed by atoms with Crippen LogP contribution in [0.3, 0.4) is 0 Å². The summed E-state index contributed by atoms with van der Waals surface area (Å²) in [6, 6.07) is 18.6. The summed E-state index contributed by atoms with van der Waals surface area (Å²) < 4.78 is 38.0. The Hall–Kier alpha value is -3.41. The molecule has 0 aliphatic rings. The van der Waals surface area contributed by atoms with Crippen LogP contribution in [0.25, 0.3) is 11.1 Å². The van der Waals surface area contributed by atoms with E-state index in [1.165, 1.54) is 19.2 Å². The Morgan fingerprint density at radius 2 is 1.50 bits per heavy atom. The number of methoxy groups -OCH3 is 1. The van der Waals surface area contributed by atoms with Gasteiger partial charge in [-0.25, -0.2) is 18.2 Å². The minimum Gasteiger partial charge on any atom is -0.497 e. The molecule has 0 saturated carbocycles. The summed E-state index contributed by atoms with van der Waals surface area (Å²) in [5.41, 5.74) is 1.69. The Labute approximate surface area is 230 Å². The standard InChI is InChI=1S/C27H29BrN2O7S/c1-3-4-5-25(27(32)33)30(26(31)18-37-23-14-12-22(36-2)13-15-23)29-38(34,35)24-16-8-20(9-17-24)19-6-10-21(28)11-7-19/h6-17,25,29H,3-5,18H2,1-2H3,(H,32,33). The lowest BCUT2D eigenvalue weighted by Gasteiger charge is -2.29. The number of amides is 1. The third-order valence-electron chi connectivity index (χ3n) is 5.68. The number of carboxylic acid groups (broad SMARTS) is 1. The highest BCUT2D eigenvalue weighted by Crippen LogP contribution is 2.24. The fraction of sp³-hybridized carbons (Fsp3) is 0.259. The number of ether oxygens (including phenoxy) is 2. The summed E-state index contributed by atoms with van der Waals surface area (Å²) in [6.45, 7) is 1.29. The number of hydrogen-bond acceptors (Lipinski definition) is 6. The molecule has 0 aliphatic heterocycles. The van der Waals surface area contributed by atoms with Crippen molar-refractivity contribution in [3.63, 3.8) is 0 Å². The maximum atomic E-state index is 13.2. The quantitative estimate of drug-likeness (QED) is 0.267. The largest absolute Gasteiger partial charge is 0.497 e. The molecule has 0 saturated heterocycles. The zero-order valence-electron chi connectivity index (χ0n) is 21.0. The lowest BCUT2D eigenvalue weighted by molar-refractivity contribution is -0.153. The molecule has 3 aromatic carbocycles.